The summed E-state index contributed by atoms with van der Waals surface area (Å²) in [6, 6.07) is 107. The summed E-state index contributed by atoms with van der Waals surface area (Å²) in [4.78, 5) is 2.58. The fourth-order valence-electron chi connectivity index (χ4n) is 14.1. The molecule has 13 aromatic rings. The Morgan fingerprint density at radius 1 is 0.250 bits per heavy atom. The predicted octanol–water partition coefficient (Wildman–Crippen LogP) is 19.6. The maximum absolute atomic E-state index is 2.58. The topological polar surface area (TPSA) is 3.24 Å². The van der Waals surface area contributed by atoms with E-state index < -0.39 is 10.8 Å². The molecule has 0 amide bonds. The molecule has 0 aliphatic heterocycles. The Balaban J connectivity index is 1.00. The van der Waals surface area contributed by atoms with Crippen molar-refractivity contribution in [2.45, 2.75) is 10.8 Å². The van der Waals surface area contributed by atoms with Gasteiger partial charge in [0.25, 0.3) is 0 Å². The Hall–Kier alpha value is -9.34. The van der Waals surface area contributed by atoms with Crippen LogP contribution in [0, 0.1) is 0 Å². The summed E-state index contributed by atoms with van der Waals surface area (Å²) in [5.41, 5.74) is 25.1. The second-order valence-electron chi connectivity index (χ2n) is 20.5. The zero-order valence-corrected chi connectivity index (χ0v) is 42.3. The minimum absolute atomic E-state index is 0.483. The number of rotatable bonds is 7. The van der Waals surface area contributed by atoms with Crippen molar-refractivity contribution in [1.29, 1.82) is 0 Å². The number of benzene rings is 12. The first-order valence-electron chi connectivity index (χ1n) is 26.4. The van der Waals surface area contributed by atoms with E-state index in [1.54, 1.807) is 0 Å². The molecule has 2 heteroatoms. The van der Waals surface area contributed by atoms with Gasteiger partial charge in [-0.1, -0.05) is 243 Å². The Morgan fingerprint density at radius 3 is 1.24 bits per heavy atom. The van der Waals surface area contributed by atoms with Crippen molar-refractivity contribution in [2.24, 2.45) is 0 Å². The number of anilines is 3. The van der Waals surface area contributed by atoms with Gasteiger partial charge in [-0.15, -0.1) is 11.3 Å². The molecule has 0 N–H and O–H groups in total. The van der Waals surface area contributed by atoms with Crippen LogP contribution in [-0.4, -0.2) is 0 Å². The second-order valence-corrected chi connectivity index (χ2v) is 21.6. The molecule has 0 saturated heterocycles. The smallest absolute Gasteiger partial charge is 0.0726 e. The van der Waals surface area contributed by atoms with Gasteiger partial charge >= 0.3 is 0 Å². The Labute approximate surface area is 446 Å². The van der Waals surface area contributed by atoms with Crippen LogP contribution in [0.1, 0.15) is 44.5 Å². The zero-order valence-electron chi connectivity index (χ0n) is 41.5. The molecule has 0 unspecified atom stereocenters. The minimum atomic E-state index is -0.689. The van der Waals surface area contributed by atoms with Crippen molar-refractivity contribution in [3.05, 3.63) is 330 Å². The molecule has 1 spiro atoms. The largest absolute Gasteiger partial charge is 0.310 e. The van der Waals surface area contributed by atoms with Gasteiger partial charge < -0.3 is 4.90 Å². The second kappa shape index (κ2) is 16.6. The SMILES string of the molecule is c1ccc(-c2ccccc2C2(c3ccccc3-c3ccccc3)c3ccccc3-c3cc(N(c4ccc5sc6ccccc6c5c4)c4cccc5c4-c4ccccc4C54c5ccccc5-c5ccccc54)ccc32)cc1. The summed E-state index contributed by atoms with van der Waals surface area (Å²) in [5, 5.41) is 2.56. The van der Waals surface area contributed by atoms with Gasteiger partial charge in [0, 0.05) is 37.1 Å². The van der Waals surface area contributed by atoms with Crippen molar-refractivity contribution >= 4 is 48.6 Å². The number of hydrogen-bond donors (Lipinski definition) is 0. The molecular formula is C74H47NS. The van der Waals surface area contributed by atoms with Crippen LogP contribution in [0.3, 0.4) is 0 Å². The lowest BCUT2D eigenvalue weighted by Gasteiger charge is -2.37. The normalized spacial score (nSPS) is 13.7. The molecule has 76 heavy (non-hydrogen) atoms. The third-order valence-corrected chi connectivity index (χ3v) is 18.1. The van der Waals surface area contributed by atoms with Crippen molar-refractivity contribution < 1.29 is 0 Å². The first-order chi connectivity index (χ1) is 37.7. The highest BCUT2D eigenvalue weighted by Gasteiger charge is 2.53. The summed E-state index contributed by atoms with van der Waals surface area (Å²) >= 11 is 1.87. The summed E-state index contributed by atoms with van der Waals surface area (Å²) < 4.78 is 2.58. The highest BCUT2D eigenvalue weighted by Crippen LogP contribution is 2.66. The standard InChI is InChI=1S/C74H47NS/c1-3-22-48(23-4-1)52-26-7-14-33-61(52)73(62-34-15-8-27-53(62)49-24-5-2-6-25-49)65-37-18-11-30-56(65)59-46-50(42-44-67(59)73)75(51-43-45-71-60(47-51)57-31-13-20-41-70(57)76-71)69-40-21-39-68-72(69)58-32-12-19-38-66(58)74(68)63-35-16-9-28-54(63)55-29-10-17-36-64(55)74/h1-47H. The average Bonchev–Trinajstić information content (AvgIpc) is 4.39. The summed E-state index contributed by atoms with van der Waals surface area (Å²) in [7, 11) is 0. The number of nitrogens with zero attached hydrogens (tertiary/aromatic N) is 1. The Kier molecular flexibility index (Phi) is 9.40. The van der Waals surface area contributed by atoms with Crippen LogP contribution in [0.2, 0.25) is 0 Å². The van der Waals surface area contributed by atoms with E-state index in [1.807, 2.05) is 11.3 Å². The van der Waals surface area contributed by atoms with E-state index in [0.29, 0.717) is 0 Å². The molecule has 16 rings (SSSR count). The molecule has 1 heterocycles. The van der Waals surface area contributed by atoms with E-state index in [2.05, 4.69) is 290 Å². The molecule has 354 valence electrons. The zero-order chi connectivity index (χ0) is 50.0. The van der Waals surface area contributed by atoms with E-state index in [9.17, 15) is 0 Å². The number of fused-ring (bicyclic) bond motifs is 16. The van der Waals surface area contributed by atoms with Crippen LogP contribution in [0.4, 0.5) is 17.1 Å². The van der Waals surface area contributed by atoms with Gasteiger partial charge in [0.2, 0.25) is 0 Å². The van der Waals surface area contributed by atoms with E-state index >= 15 is 0 Å². The average molecular weight is 982 g/mol. The molecule has 12 aromatic carbocycles. The first kappa shape index (κ1) is 43.1. The van der Waals surface area contributed by atoms with E-state index in [1.165, 1.54) is 120 Å². The van der Waals surface area contributed by atoms with Crippen LogP contribution in [0.15, 0.2) is 285 Å². The van der Waals surface area contributed by atoms with Crippen molar-refractivity contribution in [1.82, 2.24) is 0 Å². The Morgan fingerprint density at radius 2 is 0.645 bits per heavy atom. The number of thiophene rings is 1. The molecule has 0 atom stereocenters. The lowest BCUT2D eigenvalue weighted by Crippen LogP contribution is -2.30. The molecule has 1 aromatic heterocycles. The maximum atomic E-state index is 2.58. The highest BCUT2D eigenvalue weighted by molar-refractivity contribution is 7.25. The minimum Gasteiger partial charge on any atom is -0.310 e. The van der Waals surface area contributed by atoms with Gasteiger partial charge in [-0.3, -0.25) is 0 Å². The maximum Gasteiger partial charge on any atom is 0.0726 e. The van der Waals surface area contributed by atoms with Crippen molar-refractivity contribution in [3.63, 3.8) is 0 Å². The van der Waals surface area contributed by atoms with Gasteiger partial charge in [0.1, 0.15) is 0 Å². The molecule has 3 aliphatic rings. The van der Waals surface area contributed by atoms with Crippen LogP contribution >= 0.6 is 11.3 Å². The van der Waals surface area contributed by atoms with Crippen LogP contribution in [0.25, 0.3) is 75.8 Å². The molecular weight excluding hydrogens is 935 g/mol. The third kappa shape index (κ3) is 5.85. The quantitative estimate of drug-likeness (QED) is 0.154. The molecule has 3 aliphatic carbocycles. The summed E-state index contributed by atoms with van der Waals surface area (Å²) in [5.74, 6) is 0. The number of hydrogen-bond acceptors (Lipinski definition) is 2. The Bertz CT molecular complexity index is 4360. The third-order valence-electron chi connectivity index (χ3n) is 17.0. The van der Waals surface area contributed by atoms with Gasteiger partial charge in [-0.25, -0.2) is 0 Å². The summed E-state index contributed by atoms with van der Waals surface area (Å²) in [6.45, 7) is 0. The van der Waals surface area contributed by atoms with Crippen LogP contribution < -0.4 is 4.90 Å². The van der Waals surface area contributed by atoms with Crippen LogP contribution in [-0.2, 0) is 10.8 Å². The molecule has 0 fully saturated rings. The molecule has 0 bridgehead atoms. The summed E-state index contributed by atoms with van der Waals surface area (Å²) in [6.07, 6.45) is 0. The van der Waals surface area contributed by atoms with Crippen molar-refractivity contribution in [2.75, 3.05) is 4.90 Å². The first-order valence-corrected chi connectivity index (χ1v) is 27.2. The van der Waals surface area contributed by atoms with Crippen molar-refractivity contribution in [3.8, 4) is 55.6 Å². The molecule has 1 nitrogen and oxygen atoms in total. The van der Waals surface area contributed by atoms with Gasteiger partial charge in [0.05, 0.1) is 16.5 Å². The monoisotopic (exact) mass is 981 g/mol. The van der Waals surface area contributed by atoms with E-state index in [-0.39, 0.29) is 0 Å². The van der Waals surface area contributed by atoms with E-state index in [4.69, 9.17) is 0 Å². The fraction of sp³-hybridized carbons (Fsp3) is 0.0270. The van der Waals surface area contributed by atoms with Gasteiger partial charge in [-0.2, -0.15) is 0 Å². The lowest BCUT2D eigenvalue weighted by molar-refractivity contribution is 0.772. The predicted molar refractivity (Wildman–Crippen MR) is 318 cm³/mol. The molecule has 0 saturated carbocycles. The highest BCUT2D eigenvalue weighted by atomic mass is 32.1. The molecule has 0 radical (unpaired) electrons. The lowest BCUT2D eigenvalue weighted by atomic mass is 9.64. The van der Waals surface area contributed by atoms with E-state index in [0.717, 1.165) is 17.1 Å². The van der Waals surface area contributed by atoms with Gasteiger partial charge in [0.15, 0.2) is 0 Å². The van der Waals surface area contributed by atoms with Gasteiger partial charge in [-0.05, 0) is 137 Å². The van der Waals surface area contributed by atoms with Crippen LogP contribution in [0.5, 0.6) is 0 Å². The fourth-order valence-corrected chi connectivity index (χ4v) is 15.2.